The maximum Gasteiger partial charge on any atom is 0.314 e. The molecule has 0 radical (unpaired) electrons. The molecule has 0 spiro atoms. The monoisotopic (exact) mass is 272 g/mol. The molecule has 1 unspecified atom stereocenters. The minimum atomic E-state index is -1.31. The maximum absolute atomic E-state index is 13.5. The standard InChI is InChI=1S/C12H14F2N2O3/c13-9-1-2-10(16(17)18)12(11(9)14)19-6-4-8-3-5-15-7-8/h1-2,8,15H,3-7H2. The van der Waals surface area contributed by atoms with Gasteiger partial charge in [0.15, 0.2) is 5.82 Å². The van der Waals surface area contributed by atoms with Crippen LogP contribution in [0.4, 0.5) is 14.5 Å². The van der Waals surface area contributed by atoms with Crippen LogP contribution in [0.2, 0.25) is 0 Å². The van der Waals surface area contributed by atoms with Gasteiger partial charge in [-0.15, -0.1) is 0 Å². The van der Waals surface area contributed by atoms with Crippen LogP contribution in [-0.2, 0) is 0 Å². The highest BCUT2D eigenvalue weighted by atomic mass is 19.2. The Labute approximate surface area is 108 Å². The third-order valence-electron chi connectivity index (χ3n) is 3.16. The van der Waals surface area contributed by atoms with Crippen LogP contribution in [0.3, 0.4) is 0 Å². The Morgan fingerprint density at radius 1 is 1.47 bits per heavy atom. The van der Waals surface area contributed by atoms with E-state index < -0.39 is 28.0 Å². The number of halogens is 2. The fourth-order valence-corrected chi connectivity index (χ4v) is 2.09. The Kier molecular flexibility index (Phi) is 4.26. The summed E-state index contributed by atoms with van der Waals surface area (Å²) in [7, 11) is 0. The molecule has 0 bridgehead atoms. The van der Waals surface area contributed by atoms with Gasteiger partial charge < -0.3 is 10.1 Å². The summed E-state index contributed by atoms with van der Waals surface area (Å²) in [4.78, 5) is 9.95. The van der Waals surface area contributed by atoms with Gasteiger partial charge in [0.2, 0.25) is 11.6 Å². The lowest BCUT2D eigenvalue weighted by Gasteiger charge is -2.11. The number of nitrogens with zero attached hydrogens (tertiary/aromatic N) is 1. The minimum absolute atomic E-state index is 0.133. The second-order valence-electron chi connectivity index (χ2n) is 4.46. The Morgan fingerprint density at radius 2 is 2.26 bits per heavy atom. The van der Waals surface area contributed by atoms with Gasteiger partial charge in [-0.1, -0.05) is 0 Å². The third-order valence-corrected chi connectivity index (χ3v) is 3.16. The Bertz CT molecular complexity index is 476. The number of nitrogens with one attached hydrogen (secondary N) is 1. The Balaban J connectivity index is 2.05. The zero-order chi connectivity index (χ0) is 13.8. The molecule has 1 aliphatic rings. The van der Waals surface area contributed by atoms with Crippen LogP contribution in [0, 0.1) is 27.7 Å². The fraction of sp³-hybridized carbons (Fsp3) is 0.500. The number of nitro benzene ring substituents is 1. The highest BCUT2D eigenvalue weighted by Gasteiger charge is 2.23. The van der Waals surface area contributed by atoms with E-state index in [1.165, 1.54) is 0 Å². The normalized spacial score (nSPS) is 18.5. The first-order chi connectivity index (χ1) is 9.09. The van der Waals surface area contributed by atoms with Gasteiger partial charge in [0, 0.05) is 6.07 Å². The molecule has 1 atom stereocenters. The van der Waals surface area contributed by atoms with Crippen LogP contribution < -0.4 is 10.1 Å². The third kappa shape index (κ3) is 3.17. The Hall–Kier alpha value is -1.76. The lowest BCUT2D eigenvalue weighted by atomic mass is 10.1. The van der Waals surface area contributed by atoms with Crippen molar-refractivity contribution in [2.24, 2.45) is 5.92 Å². The Morgan fingerprint density at radius 3 is 2.89 bits per heavy atom. The van der Waals surface area contributed by atoms with Gasteiger partial charge in [0.1, 0.15) is 0 Å². The number of rotatable bonds is 5. The first-order valence-corrected chi connectivity index (χ1v) is 6.05. The molecule has 0 aliphatic carbocycles. The van der Waals surface area contributed by atoms with Crippen LogP contribution in [0.25, 0.3) is 0 Å². The molecule has 7 heteroatoms. The molecule has 104 valence electrons. The number of hydrogen-bond acceptors (Lipinski definition) is 4. The van der Waals surface area contributed by atoms with Crippen molar-refractivity contribution >= 4 is 5.69 Å². The fourth-order valence-electron chi connectivity index (χ4n) is 2.09. The summed E-state index contributed by atoms with van der Waals surface area (Å²) in [5.74, 6) is -2.66. The van der Waals surface area contributed by atoms with Crippen molar-refractivity contribution in [3.05, 3.63) is 33.9 Å². The summed E-state index contributed by atoms with van der Waals surface area (Å²) in [6.07, 6.45) is 1.65. The second kappa shape index (κ2) is 5.92. The molecule has 0 aromatic heterocycles. The topological polar surface area (TPSA) is 64.4 Å². The van der Waals surface area contributed by atoms with Gasteiger partial charge in [-0.05, 0) is 37.9 Å². The lowest BCUT2D eigenvalue weighted by molar-refractivity contribution is -0.386. The lowest BCUT2D eigenvalue weighted by Crippen LogP contribution is -2.12. The molecule has 0 saturated carbocycles. The van der Waals surface area contributed by atoms with E-state index in [1.807, 2.05) is 0 Å². The van der Waals surface area contributed by atoms with Crippen LogP contribution in [0.15, 0.2) is 12.1 Å². The van der Waals surface area contributed by atoms with E-state index in [4.69, 9.17) is 4.74 Å². The van der Waals surface area contributed by atoms with Gasteiger partial charge in [-0.25, -0.2) is 4.39 Å². The number of benzene rings is 1. The maximum atomic E-state index is 13.5. The average molecular weight is 272 g/mol. The zero-order valence-electron chi connectivity index (χ0n) is 10.2. The smallest absolute Gasteiger partial charge is 0.314 e. The molecule has 1 aromatic rings. The summed E-state index contributed by atoms with van der Waals surface area (Å²) in [5, 5.41) is 13.9. The molecule has 1 heterocycles. The number of nitro groups is 1. The highest BCUT2D eigenvalue weighted by Crippen LogP contribution is 2.31. The van der Waals surface area contributed by atoms with Crippen molar-refractivity contribution in [2.75, 3.05) is 19.7 Å². The average Bonchev–Trinajstić information content (AvgIpc) is 2.87. The molecule has 1 aromatic carbocycles. The van der Waals surface area contributed by atoms with E-state index in [9.17, 15) is 18.9 Å². The van der Waals surface area contributed by atoms with Gasteiger partial charge in [0.25, 0.3) is 0 Å². The van der Waals surface area contributed by atoms with Crippen LogP contribution in [0.1, 0.15) is 12.8 Å². The first-order valence-electron chi connectivity index (χ1n) is 6.05. The van der Waals surface area contributed by atoms with E-state index in [1.54, 1.807) is 0 Å². The first kappa shape index (κ1) is 13.7. The summed E-state index contributed by atoms with van der Waals surface area (Å²) >= 11 is 0. The van der Waals surface area contributed by atoms with E-state index in [0.29, 0.717) is 12.3 Å². The highest BCUT2D eigenvalue weighted by molar-refractivity contribution is 5.47. The van der Waals surface area contributed by atoms with E-state index in [2.05, 4.69) is 5.32 Å². The predicted molar refractivity (Wildman–Crippen MR) is 64.1 cm³/mol. The van der Waals surface area contributed by atoms with Gasteiger partial charge in [-0.3, -0.25) is 10.1 Å². The number of ether oxygens (including phenoxy) is 1. The molecular weight excluding hydrogens is 258 g/mol. The van der Waals surface area contributed by atoms with Crippen LogP contribution >= 0.6 is 0 Å². The van der Waals surface area contributed by atoms with Crippen molar-refractivity contribution in [2.45, 2.75) is 12.8 Å². The van der Waals surface area contributed by atoms with Gasteiger partial charge in [-0.2, -0.15) is 4.39 Å². The van der Waals surface area contributed by atoms with Crippen molar-refractivity contribution in [1.29, 1.82) is 0 Å². The molecule has 2 rings (SSSR count). The molecule has 1 N–H and O–H groups in total. The molecule has 1 aliphatic heterocycles. The van der Waals surface area contributed by atoms with Gasteiger partial charge in [0.05, 0.1) is 11.5 Å². The quantitative estimate of drug-likeness (QED) is 0.659. The van der Waals surface area contributed by atoms with Crippen LogP contribution in [0.5, 0.6) is 5.75 Å². The molecule has 1 saturated heterocycles. The van der Waals surface area contributed by atoms with E-state index in [0.717, 1.165) is 31.6 Å². The summed E-state index contributed by atoms with van der Waals surface area (Å²) in [6, 6.07) is 1.63. The van der Waals surface area contributed by atoms with Crippen molar-refractivity contribution < 1.29 is 18.4 Å². The second-order valence-corrected chi connectivity index (χ2v) is 4.46. The molecular formula is C12H14F2N2O3. The summed E-state index contributed by atoms with van der Waals surface area (Å²) in [5.41, 5.74) is -0.552. The molecule has 0 amide bonds. The minimum Gasteiger partial charge on any atom is -0.485 e. The summed E-state index contributed by atoms with van der Waals surface area (Å²) in [6.45, 7) is 1.92. The summed E-state index contributed by atoms with van der Waals surface area (Å²) < 4.78 is 31.7. The van der Waals surface area contributed by atoms with Crippen LogP contribution in [-0.4, -0.2) is 24.6 Å². The van der Waals surface area contributed by atoms with Crippen molar-refractivity contribution in [3.63, 3.8) is 0 Å². The van der Waals surface area contributed by atoms with Gasteiger partial charge >= 0.3 is 5.69 Å². The van der Waals surface area contributed by atoms with E-state index in [-0.39, 0.29) is 6.61 Å². The molecule has 5 nitrogen and oxygen atoms in total. The van der Waals surface area contributed by atoms with E-state index >= 15 is 0 Å². The van der Waals surface area contributed by atoms with Crippen molar-refractivity contribution in [3.8, 4) is 5.75 Å². The zero-order valence-corrected chi connectivity index (χ0v) is 10.2. The SMILES string of the molecule is O=[N+]([O-])c1ccc(F)c(F)c1OCCC1CCNC1. The van der Waals surface area contributed by atoms with Crippen molar-refractivity contribution in [1.82, 2.24) is 5.32 Å². The largest absolute Gasteiger partial charge is 0.485 e. The molecule has 19 heavy (non-hydrogen) atoms. The predicted octanol–water partition coefficient (Wildman–Crippen LogP) is 2.25. The number of hydrogen-bond donors (Lipinski definition) is 1. The molecule has 1 fully saturated rings.